The Balaban J connectivity index is 1.93. The van der Waals surface area contributed by atoms with E-state index in [9.17, 15) is 18.0 Å². The Kier molecular flexibility index (Phi) is 5.81. The SMILES string of the molecule is COCc1cccc(NC(=O)COc2cccc(C(F)(F)F)c2)c1. The predicted molar refractivity (Wildman–Crippen MR) is 82.7 cm³/mol. The molecule has 0 aromatic heterocycles. The summed E-state index contributed by atoms with van der Waals surface area (Å²) in [7, 11) is 1.56. The van der Waals surface area contributed by atoms with Crippen LogP contribution in [0.25, 0.3) is 0 Å². The van der Waals surface area contributed by atoms with Crippen LogP contribution in [0.1, 0.15) is 11.1 Å². The van der Waals surface area contributed by atoms with Crippen LogP contribution < -0.4 is 10.1 Å². The molecule has 1 N–H and O–H groups in total. The van der Waals surface area contributed by atoms with Crippen LogP contribution in [0, 0.1) is 0 Å². The van der Waals surface area contributed by atoms with Gasteiger partial charge in [-0.15, -0.1) is 0 Å². The van der Waals surface area contributed by atoms with Crippen LogP contribution >= 0.6 is 0 Å². The van der Waals surface area contributed by atoms with Crippen LogP contribution in [0.15, 0.2) is 48.5 Å². The Morgan fingerprint density at radius 3 is 2.58 bits per heavy atom. The van der Waals surface area contributed by atoms with Gasteiger partial charge in [-0.05, 0) is 35.9 Å². The van der Waals surface area contributed by atoms with Crippen LogP contribution in [-0.4, -0.2) is 19.6 Å². The first-order valence-corrected chi connectivity index (χ1v) is 7.06. The van der Waals surface area contributed by atoms with Gasteiger partial charge in [-0.1, -0.05) is 18.2 Å². The zero-order valence-corrected chi connectivity index (χ0v) is 12.9. The first-order chi connectivity index (χ1) is 11.4. The van der Waals surface area contributed by atoms with Gasteiger partial charge in [-0.2, -0.15) is 13.2 Å². The van der Waals surface area contributed by atoms with Crippen molar-refractivity contribution in [1.82, 2.24) is 0 Å². The highest BCUT2D eigenvalue weighted by Crippen LogP contribution is 2.31. The molecule has 2 aromatic rings. The molecule has 0 radical (unpaired) electrons. The largest absolute Gasteiger partial charge is 0.484 e. The molecule has 2 rings (SSSR count). The van der Waals surface area contributed by atoms with Gasteiger partial charge in [0.15, 0.2) is 6.61 Å². The summed E-state index contributed by atoms with van der Waals surface area (Å²) in [6, 6.07) is 11.4. The second-order valence-electron chi connectivity index (χ2n) is 5.00. The fraction of sp³-hybridized carbons (Fsp3) is 0.235. The Morgan fingerprint density at radius 1 is 1.12 bits per heavy atom. The summed E-state index contributed by atoms with van der Waals surface area (Å²) in [5.41, 5.74) is 0.615. The molecule has 0 spiro atoms. The molecular weight excluding hydrogens is 323 g/mol. The molecule has 0 aliphatic carbocycles. The topological polar surface area (TPSA) is 47.6 Å². The summed E-state index contributed by atoms with van der Waals surface area (Å²) in [6.07, 6.45) is -4.45. The number of hydrogen-bond acceptors (Lipinski definition) is 3. The standard InChI is InChI=1S/C17H16F3NO3/c1-23-10-12-4-2-6-14(8-12)21-16(22)11-24-15-7-3-5-13(9-15)17(18,19)20/h2-9H,10-11H2,1H3,(H,21,22). The number of hydrogen-bond donors (Lipinski definition) is 1. The van der Waals surface area contributed by atoms with Crippen LogP contribution in [0.5, 0.6) is 5.75 Å². The third-order valence-electron chi connectivity index (χ3n) is 3.05. The lowest BCUT2D eigenvalue weighted by atomic mass is 10.2. The molecule has 4 nitrogen and oxygen atoms in total. The average molecular weight is 339 g/mol. The van der Waals surface area contributed by atoms with Crippen LogP contribution in [0.4, 0.5) is 18.9 Å². The van der Waals surface area contributed by atoms with E-state index in [1.165, 1.54) is 12.1 Å². The maximum Gasteiger partial charge on any atom is 0.416 e. The number of benzene rings is 2. The van der Waals surface area contributed by atoms with E-state index in [2.05, 4.69) is 5.32 Å². The number of ether oxygens (including phenoxy) is 2. The summed E-state index contributed by atoms with van der Waals surface area (Å²) in [4.78, 5) is 11.8. The number of halogens is 3. The van der Waals surface area contributed by atoms with E-state index in [-0.39, 0.29) is 5.75 Å². The fourth-order valence-corrected chi connectivity index (χ4v) is 2.01. The number of alkyl halides is 3. The zero-order valence-electron chi connectivity index (χ0n) is 12.9. The fourth-order valence-electron chi connectivity index (χ4n) is 2.01. The molecule has 0 unspecified atom stereocenters. The van der Waals surface area contributed by atoms with Gasteiger partial charge in [-0.3, -0.25) is 4.79 Å². The smallest absolute Gasteiger partial charge is 0.416 e. The first kappa shape index (κ1) is 17.8. The molecule has 0 saturated carbocycles. The Morgan fingerprint density at radius 2 is 1.88 bits per heavy atom. The normalized spacial score (nSPS) is 11.2. The van der Waals surface area contributed by atoms with E-state index in [1.807, 2.05) is 6.07 Å². The third kappa shape index (κ3) is 5.27. The van der Waals surface area contributed by atoms with Crippen LogP contribution in [0.3, 0.4) is 0 Å². The number of anilines is 1. The number of carbonyl (C=O) groups is 1. The Bertz CT molecular complexity index is 701. The molecular formula is C17H16F3NO3. The van der Waals surface area contributed by atoms with Crippen molar-refractivity contribution < 1.29 is 27.4 Å². The van der Waals surface area contributed by atoms with Crippen molar-refractivity contribution >= 4 is 11.6 Å². The second kappa shape index (κ2) is 7.83. The molecule has 24 heavy (non-hydrogen) atoms. The van der Waals surface area contributed by atoms with E-state index in [0.29, 0.717) is 12.3 Å². The molecule has 0 aliphatic heterocycles. The highest BCUT2D eigenvalue weighted by molar-refractivity contribution is 5.91. The van der Waals surface area contributed by atoms with Gasteiger partial charge in [0.1, 0.15) is 5.75 Å². The van der Waals surface area contributed by atoms with E-state index in [0.717, 1.165) is 17.7 Å². The monoisotopic (exact) mass is 339 g/mol. The summed E-state index contributed by atoms with van der Waals surface area (Å²) in [5.74, 6) is -0.491. The first-order valence-electron chi connectivity index (χ1n) is 7.06. The van der Waals surface area contributed by atoms with E-state index >= 15 is 0 Å². The van der Waals surface area contributed by atoms with Crippen LogP contribution in [0.2, 0.25) is 0 Å². The molecule has 0 atom stereocenters. The van der Waals surface area contributed by atoms with Crippen molar-refractivity contribution in [2.45, 2.75) is 12.8 Å². The molecule has 7 heteroatoms. The van der Waals surface area contributed by atoms with Gasteiger partial charge < -0.3 is 14.8 Å². The van der Waals surface area contributed by atoms with E-state index in [1.54, 1.807) is 25.3 Å². The predicted octanol–water partition coefficient (Wildman–Crippen LogP) is 3.87. The minimum atomic E-state index is -4.45. The number of methoxy groups -OCH3 is 1. The second-order valence-corrected chi connectivity index (χ2v) is 5.00. The van der Waals surface area contributed by atoms with Gasteiger partial charge in [0.2, 0.25) is 0 Å². The summed E-state index contributed by atoms with van der Waals surface area (Å²) >= 11 is 0. The average Bonchev–Trinajstić information content (AvgIpc) is 2.53. The molecule has 2 aromatic carbocycles. The van der Waals surface area contributed by atoms with E-state index < -0.39 is 24.3 Å². The lowest BCUT2D eigenvalue weighted by Gasteiger charge is -2.11. The van der Waals surface area contributed by atoms with Gasteiger partial charge in [0.25, 0.3) is 5.91 Å². The maximum absolute atomic E-state index is 12.6. The summed E-state index contributed by atoms with van der Waals surface area (Å²) in [6.45, 7) is 0.0141. The van der Waals surface area contributed by atoms with Gasteiger partial charge in [-0.25, -0.2) is 0 Å². The number of nitrogens with one attached hydrogen (secondary N) is 1. The van der Waals surface area contributed by atoms with Crippen LogP contribution in [-0.2, 0) is 22.3 Å². The molecule has 0 fully saturated rings. The van der Waals surface area contributed by atoms with Gasteiger partial charge in [0, 0.05) is 12.8 Å². The number of carbonyl (C=O) groups excluding carboxylic acids is 1. The third-order valence-corrected chi connectivity index (χ3v) is 3.05. The number of amides is 1. The van der Waals surface area contributed by atoms with Crippen molar-refractivity contribution in [1.29, 1.82) is 0 Å². The minimum absolute atomic E-state index is 0.0203. The molecule has 1 amide bonds. The number of rotatable bonds is 6. The van der Waals surface area contributed by atoms with Crippen molar-refractivity contribution in [3.05, 3.63) is 59.7 Å². The molecule has 128 valence electrons. The van der Waals surface area contributed by atoms with Gasteiger partial charge in [0.05, 0.1) is 12.2 Å². The minimum Gasteiger partial charge on any atom is -0.484 e. The lowest BCUT2D eigenvalue weighted by molar-refractivity contribution is -0.137. The zero-order chi connectivity index (χ0) is 17.6. The molecule has 0 saturated heterocycles. The Labute approximate surface area is 137 Å². The van der Waals surface area contributed by atoms with Crippen molar-refractivity contribution in [2.75, 3.05) is 19.0 Å². The van der Waals surface area contributed by atoms with Crippen molar-refractivity contribution in [3.8, 4) is 5.75 Å². The highest BCUT2D eigenvalue weighted by atomic mass is 19.4. The van der Waals surface area contributed by atoms with Crippen molar-refractivity contribution in [2.24, 2.45) is 0 Å². The summed E-state index contributed by atoms with van der Waals surface area (Å²) in [5, 5.41) is 2.61. The van der Waals surface area contributed by atoms with E-state index in [4.69, 9.17) is 9.47 Å². The molecule has 0 bridgehead atoms. The van der Waals surface area contributed by atoms with Gasteiger partial charge >= 0.3 is 6.18 Å². The summed E-state index contributed by atoms with van der Waals surface area (Å²) < 4.78 is 47.9. The Hall–Kier alpha value is -2.54. The molecule has 0 aliphatic rings. The van der Waals surface area contributed by atoms with Crippen molar-refractivity contribution in [3.63, 3.8) is 0 Å². The lowest BCUT2D eigenvalue weighted by Crippen LogP contribution is -2.20. The molecule has 0 heterocycles. The quantitative estimate of drug-likeness (QED) is 0.869. The maximum atomic E-state index is 12.6. The highest BCUT2D eigenvalue weighted by Gasteiger charge is 2.30.